The molecular formula is C76H83N4OPt-3. The fourth-order valence-corrected chi connectivity index (χ4v) is 16.6. The van der Waals surface area contributed by atoms with Crippen molar-refractivity contribution in [1.82, 2.24) is 9.55 Å². The smallest absolute Gasteiger partial charge is 0.135 e. The molecular weight excluding hydrogens is 1180 g/mol. The third kappa shape index (κ3) is 8.91. The number of rotatable bonds is 9. The van der Waals surface area contributed by atoms with E-state index in [9.17, 15) is 0 Å². The van der Waals surface area contributed by atoms with Crippen LogP contribution in [-0.4, -0.2) is 9.55 Å². The van der Waals surface area contributed by atoms with Gasteiger partial charge in [0.15, 0.2) is 0 Å². The van der Waals surface area contributed by atoms with Crippen LogP contribution in [-0.2, 0) is 42.7 Å². The summed E-state index contributed by atoms with van der Waals surface area (Å²) in [4.78, 5) is 9.96. The maximum Gasteiger partial charge on any atom is 0.135 e. The molecule has 0 atom stereocenters. The molecule has 426 valence electrons. The molecule has 9 aromatic rings. The first kappa shape index (κ1) is 57.4. The van der Waals surface area contributed by atoms with Gasteiger partial charge in [0.25, 0.3) is 0 Å². The van der Waals surface area contributed by atoms with Crippen LogP contribution in [0.5, 0.6) is 11.5 Å². The predicted octanol–water partition coefficient (Wildman–Crippen LogP) is 20.6. The first-order chi connectivity index (χ1) is 38.4. The van der Waals surface area contributed by atoms with Gasteiger partial charge < -0.3 is 19.1 Å². The van der Waals surface area contributed by atoms with Gasteiger partial charge in [0.1, 0.15) is 5.82 Å². The maximum atomic E-state index is 7.10. The van der Waals surface area contributed by atoms with Crippen LogP contribution in [0, 0.1) is 40.5 Å². The molecule has 2 saturated carbocycles. The van der Waals surface area contributed by atoms with Crippen molar-refractivity contribution in [2.45, 2.75) is 157 Å². The second kappa shape index (κ2) is 20.4. The zero-order valence-corrected chi connectivity index (χ0v) is 53.3. The van der Waals surface area contributed by atoms with Crippen LogP contribution in [0.3, 0.4) is 0 Å². The molecule has 3 heterocycles. The van der Waals surface area contributed by atoms with Gasteiger partial charge in [0.05, 0.1) is 0 Å². The number of nitrogens with zero attached hydrogens (tertiary/aromatic N) is 4. The summed E-state index contributed by atoms with van der Waals surface area (Å²) in [5.41, 5.74) is 12.8. The van der Waals surface area contributed by atoms with Crippen molar-refractivity contribution in [3.05, 3.63) is 222 Å². The van der Waals surface area contributed by atoms with Crippen molar-refractivity contribution >= 4 is 44.6 Å². The Bertz CT molecular complexity index is 3700. The largest absolute Gasteiger partial charge is 0.509 e. The van der Waals surface area contributed by atoms with Gasteiger partial charge in [-0.05, 0) is 122 Å². The number of fused-ring (bicyclic) bond motifs is 4. The van der Waals surface area contributed by atoms with Crippen LogP contribution < -0.4 is 14.5 Å². The summed E-state index contributed by atoms with van der Waals surface area (Å²) < 4.78 is 9.34. The Balaban J connectivity index is 0.00000705. The van der Waals surface area contributed by atoms with E-state index < -0.39 is 10.8 Å². The van der Waals surface area contributed by atoms with E-state index >= 15 is 0 Å². The molecule has 1 aliphatic heterocycles. The minimum atomic E-state index is -0.393. The second-order valence-corrected chi connectivity index (χ2v) is 28.6. The Hall–Kier alpha value is -6.42. The van der Waals surface area contributed by atoms with Gasteiger partial charge in [-0.3, -0.25) is 0 Å². The molecule has 82 heavy (non-hydrogen) atoms. The summed E-state index contributed by atoms with van der Waals surface area (Å²) in [6.45, 7) is 36.5. The van der Waals surface area contributed by atoms with Crippen LogP contribution in [0.15, 0.2) is 170 Å². The molecule has 0 N–H and O–H groups in total. The Morgan fingerprint density at radius 1 is 0.488 bits per heavy atom. The zero-order valence-electron chi connectivity index (χ0n) is 51.0. The van der Waals surface area contributed by atoms with Crippen LogP contribution in [0.25, 0.3) is 27.6 Å². The Morgan fingerprint density at radius 3 is 1.55 bits per heavy atom. The molecule has 0 unspecified atom stereocenters. The van der Waals surface area contributed by atoms with Crippen LogP contribution in [0.2, 0.25) is 0 Å². The molecule has 0 saturated heterocycles. The van der Waals surface area contributed by atoms with E-state index in [0.717, 1.165) is 75.9 Å². The van der Waals surface area contributed by atoms with Gasteiger partial charge in [-0.15, -0.1) is 53.6 Å². The molecule has 0 bridgehead atoms. The first-order valence-electron chi connectivity index (χ1n) is 29.9. The average molecular weight is 1260 g/mol. The number of ether oxygens (including phenoxy) is 1. The van der Waals surface area contributed by atoms with Gasteiger partial charge in [-0.2, -0.15) is 6.07 Å². The van der Waals surface area contributed by atoms with E-state index in [2.05, 4.69) is 294 Å². The van der Waals surface area contributed by atoms with Crippen LogP contribution in [0.1, 0.15) is 169 Å². The molecule has 12 rings (SSSR count). The van der Waals surface area contributed by atoms with Crippen LogP contribution in [0.4, 0.5) is 22.7 Å². The van der Waals surface area contributed by atoms with E-state index in [0.29, 0.717) is 11.5 Å². The first-order valence-corrected chi connectivity index (χ1v) is 29.9. The van der Waals surface area contributed by atoms with Crippen molar-refractivity contribution in [3.8, 4) is 17.3 Å². The summed E-state index contributed by atoms with van der Waals surface area (Å²) in [5.74, 6) is 2.11. The molecule has 3 aliphatic rings. The standard InChI is InChI=1S/C76H83N4O.Pt/c1-69(2,3)54-40-45-77-67(48-54)80-63-35-22-21-32-59(63)60-39-38-57(50-66(60)80)81-58-47-55(70(4,5)6)46-56(49-58)78-51-79(65-37-24-23-36-64(65)78)68-61(75(52-28-17-15-18-29-52)71(7,8)41-26-42-72(75,9)10)33-25-34-62(68)76(53-30-19-16-20-31-53)73(11,12)43-27-44-74(76,13)14;/h15-25,28-40,45-48,51H,26-27,41-44H2,1-14H3;/q-3;. The second-order valence-electron chi connectivity index (χ2n) is 28.6. The molecule has 6 heteroatoms. The van der Waals surface area contributed by atoms with E-state index in [1.807, 2.05) is 6.20 Å². The summed E-state index contributed by atoms with van der Waals surface area (Å²) >= 11 is 0. The van der Waals surface area contributed by atoms with Crippen molar-refractivity contribution < 1.29 is 25.8 Å². The molecule has 5 nitrogen and oxygen atoms in total. The monoisotopic (exact) mass is 1260 g/mol. The summed E-state index contributed by atoms with van der Waals surface area (Å²) in [6, 6.07) is 69.0. The number of aromatic nitrogens is 2. The molecule has 2 fully saturated rings. The summed E-state index contributed by atoms with van der Waals surface area (Å²) in [5, 5.41) is 2.25. The van der Waals surface area contributed by atoms with Gasteiger partial charge in [0.2, 0.25) is 0 Å². The van der Waals surface area contributed by atoms with E-state index in [1.165, 1.54) is 46.3 Å². The normalized spacial score (nSPS) is 18.7. The molecule has 0 radical (unpaired) electrons. The number of benzene rings is 7. The number of anilines is 4. The summed E-state index contributed by atoms with van der Waals surface area (Å²) in [7, 11) is 0. The minimum Gasteiger partial charge on any atom is -0.509 e. The molecule has 2 aromatic heterocycles. The summed E-state index contributed by atoms with van der Waals surface area (Å²) in [6.07, 6.45) is 8.77. The van der Waals surface area contributed by atoms with Crippen LogP contribution >= 0.6 is 0 Å². The number of hydrogen-bond donors (Lipinski definition) is 0. The van der Waals surface area contributed by atoms with Gasteiger partial charge in [-0.25, -0.2) is 4.98 Å². The van der Waals surface area contributed by atoms with Crippen molar-refractivity contribution in [2.75, 3.05) is 9.80 Å². The molecule has 7 aromatic carbocycles. The quantitative estimate of drug-likeness (QED) is 0.135. The third-order valence-corrected chi connectivity index (χ3v) is 20.0. The van der Waals surface area contributed by atoms with Gasteiger partial charge >= 0.3 is 0 Å². The Morgan fingerprint density at radius 2 is 1.00 bits per heavy atom. The average Bonchev–Trinajstić information content (AvgIpc) is 1.72. The zero-order chi connectivity index (χ0) is 57.1. The molecule has 0 amide bonds. The van der Waals surface area contributed by atoms with E-state index in [1.54, 1.807) is 0 Å². The van der Waals surface area contributed by atoms with Gasteiger partial charge in [0, 0.05) is 72.2 Å². The van der Waals surface area contributed by atoms with E-state index in [4.69, 9.17) is 9.72 Å². The predicted molar refractivity (Wildman–Crippen MR) is 339 cm³/mol. The number of pyridine rings is 1. The van der Waals surface area contributed by atoms with Gasteiger partial charge in [-0.1, -0.05) is 224 Å². The number of para-hydroxylation sites is 4. The SMILES string of the molecule is CC(C)(C)c1cc(Oc2[c-]c3c(cc2)c2ccccc2n3-c2cc(C(C)(C)C)ccn2)[c-]c(N2[CH-]N(c3c(C4(c5ccccc5)C(C)(C)CCCC4(C)C)cccc3C3(c4ccccc4)C(C)(C)CCCC3(C)C)c3ccccc32)c1.[Pt]. The fourth-order valence-electron chi connectivity index (χ4n) is 16.6. The Kier molecular flexibility index (Phi) is 14.3. The molecule has 2 aliphatic carbocycles. The van der Waals surface area contributed by atoms with Crippen molar-refractivity contribution in [1.29, 1.82) is 0 Å². The Labute approximate surface area is 504 Å². The fraction of sp³-hybridized carbons (Fsp3) is 0.368. The number of hydrogen-bond acceptors (Lipinski definition) is 4. The minimum absolute atomic E-state index is 0. The van der Waals surface area contributed by atoms with Crippen molar-refractivity contribution in [3.63, 3.8) is 0 Å². The third-order valence-electron chi connectivity index (χ3n) is 20.0. The maximum absolute atomic E-state index is 7.10. The molecule has 0 spiro atoms. The van der Waals surface area contributed by atoms with E-state index in [-0.39, 0.29) is 53.6 Å². The van der Waals surface area contributed by atoms with Crippen molar-refractivity contribution in [2.24, 2.45) is 21.7 Å². The topological polar surface area (TPSA) is 33.5 Å².